The van der Waals surface area contributed by atoms with Crippen molar-refractivity contribution in [3.8, 4) is 0 Å². The van der Waals surface area contributed by atoms with Crippen LogP contribution in [-0.4, -0.2) is 51.2 Å². The Morgan fingerprint density at radius 1 is 1.35 bits per heavy atom. The predicted molar refractivity (Wildman–Crippen MR) is 92.3 cm³/mol. The van der Waals surface area contributed by atoms with E-state index in [2.05, 4.69) is 25.2 Å². The molecule has 0 radical (unpaired) electrons. The molecule has 1 saturated carbocycles. The Hall–Kier alpha value is -2.61. The highest BCUT2D eigenvalue weighted by Gasteiger charge is 2.33. The van der Waals surface area contributed by atoms with Crippen LogP contribution in [-0.2, 0) is 0 Å². The van der Waals surface area contributed by atoms with Gasteiger partial charge >= 0.3 is 0 Å². The Balaban J connectivity index is 1.35. The van der Waals surface area contributed by atoms with Crippen LogP contribution in [0.25, 0.3) is 0 Å². The molecule has 0 unspecified atom stereocenters. The zero-order valence-corrected chi connectivity index (χ0v) is 14.2. The molecule has 136 valence electrons. The number of pyridine rings is 1. The second kappa shape index (κ2) is 6.95. The summed E-state index contributed by atoms with van der Waals surface area (Å²) in [5, 5.41) is 12.5. The summed E-state index contributed by atoms with van der Waals surface area (Å²) in [5.74, 6) is 0.0478. The zero-order valence-electron chi connectivity index (χ0n) is 14.2. The third-order valence-electron chi connectivity index (χ3n) is 5.07. The molecule has 4 rings (SSSR count). The van der Waals surface area contributed by atoms with Gasteiger partial charge in [0.1, 0.15) is 12.1 Å². The van der Waals surface area contributed by atoms with Crippen LogP contribution in [0, 0.1) is 5.82 Å². The van der Waals surface area contributed by atoms with Crippen LogP contribution in [0.3, 0.4) is 0 Å². The standard InChI is InChI=1S/C18H20FN5O2/c19-15-8-20-3-1-14(15)18(26)23-12-5-11(6-12)16-7-17(22-10-21-16)24-4-2-13(25)9-24/h1,3,7-8,10-13,25H,2,4-6,9H2,(H,23,26)/t11?,12?,13-/m1/s1. The highest BCUT2D eigenvalue weighted by molar-refractivity contribution is 5.94. The van der Waals surface area contributed by atoms with Crippen molar-refractivity contribution in [2.24, 2.45) is 0 Å². The van der Waals surface area contributed by atoms with Gasteiger partial charge < -0.3 is 15.3 Å². The normalized spacial score (nSPS) is 25.0. The quantitative estimate of drug-likeness (QED) is 0.856. The van der Waals surface area contributed by atoms with Gasteiger partial charge in [-0.25, -0.2) is 14.4 Å². The molecule has 1 saturated heterocycles. The fourth-order valence-corrected chi connectivity index (χ4v) is 3.51. The lowest BCUT2D eigenvalue weighted by atomic mass is 9.78. The maximum atomic E-state index is 13.6. The molecule has 3 heterocycles. The summed E-state index contributed by atoms with van der Waals surface area (Å²) >= 11 is 0. The van der Waals surface area contributed by atoms with Gasteiger partial charge in [0.25, 0.3) is 5.91 Å². The number of hydrogen-bond donors (Lipinski definition) is 2. The van der Waals surface area contributed by atoms with E-state index in [9.17, 15) is 14.3 Å². The second-order valence-electron chi connectivity index (χ2n) is 6.88. The number of aromatic nitrogens is 3. The molecular formula is C18H20FN5O2. The summed E-state index contributed by atoms with van der Waals surface area (Å²) in [6, 6.07) is 3.35. The summed E-state index contributed by atoms with van der Waals surface area (Å²) in [5.41, 5.74) is 0.956. The number of halogens is 1. The smallest absolute Gasteiger partial charge is 0.254 e. The molecule has 2 fully saturated rings. The molecule has 0 aromatic carbocycles. The van der Waals surface area contributed by atoms with Crippen LogP contribution < -0.4 is 10.2 Å². The molecule has 2 aromatic heterocycles. The van der Waals surface area contributed by atoms with Gasteiger partial charge in [0, 0.05) is 43.0 Å². The monoisotopic (exact) mass is 357 g/mol. The highest BCUT2D eigenvalue weighted by Crippen LogP contribution is 2.37. The van der Waals surface area contributed by atoms with E-state index in [1.165, 1.54) is 12.3 Å². The van der Waals surface area contributed by atoms with Crippen molar-refractivity contribution in [3.05, 3.63) is 47.9 Å². The molecule has 2 N–H and O–H groups in total. The number of anilines is 1. The Morgan fingerprint density at radius 2 is 2.19 bits per heavy atom. The van der Waals surface area contributed by atoms with Crippen LogP contribution in [0.4, 0.5) is 10.2 Å². The number of aliphatic hydroxyl groups is 1. The first kappa shape index (κ1) is 16.8. The van der Waals surface area contributed by atoms with Crippen LogP contribution in [0.15, 0.2) is 30.9 Å². The summed E-state index contributed by atoms with van der Waals surface area (Å²) < 4.78 is 13.6. The lowest BCUT2D eigenvalue weighted by Crippen LogP contribution is -2.43. The van der Waals surface area contributed by atoms with E-state index in [1.54, 1.807) is 6.33 Å². The first-order valence-corrected chi connectivity index (χ1v) is 8.75. The molecule has 1 aliphatic heterocycles. The van der Waals surface area contributed by atoms with Gasteiger partial charge in [0.2, 0.25) is 0 Å². The lowest BCUT2D eigenvalue weighted by molar-refractivity contribution is 0.0904. The van der Waals surface area contributed by atoms with E-state index in [1.807, 2.05) is 6.07 Å². The van der Waals surface area contributed by atoms with E-state index in [-0.39, 0.29) is 23.6 Å². The van der Waals surface area contributed by atoms with Gasteiger partial charge in [0.15, 0.2) is 5.82 Å². The van der Waals surface area contributed by atoms with Crippen molar-refractivity contribution in [3.63, 3.8) is 0 Å². The summed E-state index contributed by atoms with van der Waals surface area (Å²) in [7, 11) is 0. The van der Waals surface area contributed by atoms with Crippen LogP contribution in [0.2, 0.25) is 0 Å². The third kappa shape index (κ3) is 3.37. The molecule has 1 atom stereocenters. The van der Waals surface area contributed by atoms with E-state index in [4.69, 9.17) is 0 Å². The topological polar surface area (TPSA) is 91.2 Å². The third-order valence-corrected chi connectivity index (χ3v) is 5.07. The van der Waals surface area contributed by atoms with Gasteiger partial charge in [0.05, 0.1) is 17.9 Å². The first-order chi connectivity index (χ1) is 12.6. The molecule has 2 aliphatic rings. The number of aliphatic hydroxyl groups excluding tert-OH is 1. The van der Waals surface area contributed by atoms with E-state index in [0.717, 1.165) is 43.5 Å². The fourth-order valence-electron chi connectivity index (χ4n) is 3.51. The molecule has 8 heteroatoms. The SMILES string of the molecule is O=C(NC1CC(c2cc(N3CC[C@@H](O)C3)ncn2)C1)c1ccncc1F. The van der Waals surface area contributed by atoms with Crippen molar-refractivity contribution in [1.29, 1.82) is 0 Å². The van der Waals surface area contributed by atoms with Crippen molar-refractivity contribution in [2.75, 3.05) is 18.0 Å². The maximum absolute atomic E-state index is 13.6. The van der Waals surface area contributed by atoms with Crippen LogP contribution in [0.1, 0.15) is 41.2 Å². The predicted octanol–water partition coefficient (Wildman–Crippen LogP) is 1.26. The zero-order chi connectivity index (χ0) is 18.1. The van der Waals surface area contributed by atoms with E-state index in [0.29, 0.717) is 6.54 Å². The number of rotatable bonds is 4. The van der Waals surface area contributed by atoms with Gasteiger partial charge in [-0.05, 0) is 25.3 Å². The fraction of sp³-hybridized carbons (Fsp3) is 0.444. The minimum absolute atomic E-state index is 0.00656. The molecule has 1 amide bonds. The van der Waals surface area contributed by atoms with Crippen molar-refractivity contribution >= 4 is 11.7 Å². The molecule has 2 aromatic rings. The van der Waals surface area contributed by atoms with Gasteiger partial charge in [-0.3, -0.25) is 9.78 Å². The maximum Gasteiger partial charge on any atom is 0.254 e. The molecule has 0 spiro atoms. The lowest BCUT2D eigenvalue weighted by Gasteiger charge is -2.35. The van der Waals surface area contributed by atoms with Crippen molar-refractivity contribution in [2.45, 2.75) is 37.3 Å². The minimum atomic E-state index is -0.617. The largest absolute Gasteiger partial charge is 0.391 e. The molecule has 7 nitrogen and oxygen atoms in total. The highest BCUT2D eigenvalue weighted by atomic mass is 19.1. The second-order valence-corrected chi connectivity index (χ2v) is 6.88. The van der Waals surface area contributed by atoms with E-state index < -0.39 is 11.7 Å². The van der Waals surface area contributed by atoms with E-state index >= 15 is 0 Å². The van der Waals surface area contributed by atoms with Crippen molar-refractivity contribution < 1.29 is 14.3 Å². The number of amides is 1. The van der Waals surface area contributed by atoms with Crippen LogP contribution >= 0.6 is 0 Å². The Labute approximate surface area is 150 Å². The van der Waals surface area contributed by atoms with Gasteiger partial charge in [-0.15, -0.1) is 0 Å². The average molecular weight is 357 g/mol. The number of nitrogens with one attached hydrogen (secondary N) is 1. The first-order valence-electron chi connectivity index (χ1n) is 8.75. The van der Waals surface area contributed by atoms with Gasteiger partial charge in [-0.2, -0.15) is 0 Å². The Kier molecular flexibility index (Phi) is 4.50. The average Bonchev–Trinajstić information content (AvgIpc) is 3.04. The molecular weight excluding hydrogens is 337 g/mol. The number of hydrogen-bond acceptors (Lipinski definition) is 6. The summed E-state index contributed by atoms with van der Waals surface area (Å²) in [4.78, 5) is 26.5. The number of nitrogens with zero attached hydrogens (tertiary/aromatic N) is 4. The molecule has 26 heavy (non-hydrogen) atoms. The number of β-amino-alcohol motifs (C(OH)–C–C–N with tert-alkyl or cyclic N) is 1. The molecule has 0 bridgehead atoms. The molecule has 1 aliphatic carbocycles. The minimum Gasteiger partial charge on any atom is -0.391 e. The summed E-state index contributed by atoms with van der Waals surface area (Å²) in [6.45, 7) is 1.38. The van der Waals surface area contributed by atoms with Gasteiger partial charge in [-0.1, -0.05) is 0 Å². The Bertz CT molecular complexity index is 812. The number of carbonyl (C=O) groups excluding carboxylic acids is 1. The van der Waals surface area contributed by atoms with Crippen LogP contribution in [0.5, 0.6) is 0 Å². The van der Waals surface area contributed by atoms with Crippen molar-refractivity contribution in [1.82, 2.24) is 20.3 Å². The summed E-state index contributed by atoms with van der Waals surface area (Å²) in [6.07, 6.45) is 5.96. The Morgan fingerprint density at radius 3 is 2.92 bits per heavy atom. The number of carbonyl (C=O) groups is 1.